The predicted molar refractivity (Wildman–Crippen MR) is 33.3 cm³/mol. The number of alkyl halides is 3. The molecule has 0 aromatic rings. The van der Waals surface area contributed by atoms with Crippen LogP contribution in [0.3, 0.4) is 0 Å². The second kappa shape index (κ2) is 2.98. The van der Waals surface area contributed by atoms with E-state index in [0.717, 1.165) is 0 Å². The Hall–Kier alpha value is -0.290. The van der Waals surface area contributed by atoms with Crippen molar-refractivity contribution in [2.24, 2.45) is 0 Å². The number of rotatable bonds is 2. The topological polar surface area (TPSA) is 12.5 Å². The average Bonchev–Trinajstić information content (AvgIpc) is 1.75. The molecule has 1 saturated heterocycles. The summed E-state index contributed by atoms with van der Waals surface area (Å²) in [6.45, 7) is 0.0949. The van der Waals surface area contributed by atoms with Gasteiger partial charge in [0.05, 0.1) is 6.10 Å². The second-order valence-electron chi connectivity index (χ2n) is 2.77. The SMILES string of the molecule is CN1CC(OCC(F)(F)F)C1. The molecule has 0 saturated carbocycles. The van der Waals surface area contributed by atoms with Crippen LogP contribution < -0.4 is 0 Å². The van der Waals surface area contributed by atoms with Crippen molar-refractivity contribution >= 4 is 0 Å². The Labute approximate surface area is 62.9 Å². The third kappa shape index (κ3) is 3.07. The number of likely N-dealkylation sites (tertiary alicyclic amines) is 1. The summed E-state index contributed by atoms with van der Waals surface area (Å²) in [7, 11) is 1.84. The number of likely N-dealkylation sites (N-methyl/N-ethyl adjacent to an activating group) is 1. The summed E-state index contributed by atoms with van der Waals surface area (Å²) in [5, 5.41) is 0. The monoisotopic (exact) mass is 169 g/mol. The maximum atomic E-state index is 11.5. The first-order valence-corrected chi connectivity index (χ1v) is 3.34. The minimum absolute atomic E-state index is 0.221. The largest absolute Gasteiger partial charge is 0.411 e. The van der Waals surface area contributed by atoms with Gasteiger partial charge >= 0.3 is 6.18 Å². The van der Waals surface area contributed by atoms with E-state index in [1.807, 2.05) is 11.9 Å². The molecular formula is C6H10F3NO. The van der Waals surface area contributed by atoms with Crippen LogP contribution in [0.15, 0.2) is 0 Å². The fraction of sp³-hybridized carbons (Fsp3) is 1.00. The number of ether oxygens (including phenoxy) is 1. The normalized spacial score (nSPS) is 21.8. The quantitative estimate of drug-likeness (QED) is 0.608. The van der Waals surface area contributed by atoms with Crippen LogP contribution in [0.25, 0.3) is 0 Å². The average molecular weight is 169 g/mol. The van der Waals surface area contributed by atoms with Crippen molar-refractivity contribution in [3.63, 3.8) is 0 Å². The molecule has 2 nitrogen and oxygen atoms in total. The van der Waals surface area contributed by atoms with Gasteiger partial charge in [0.1, 0.15) is 6.61 Å². The summed E-state index contributed by atoms with van der Waals surface area (Å²) in [6.07, 6.45) is -4.41. The Bertz CT molecular complexity index is 130. The molecule has 0 aromatic carbocycles. The summed E-state index contributed by atoms with van der Waals surface area (Å²) in [6, 6.07) is 0. The van der Waals surface area contributed by atoms with Crippen LogP contribution in [0, 0.1) is 0 Å². The number of hydrogen-bond acceptors (Lipinski definition) is 2. The lowest BCUT2D eigenvalue weighted by atomic mass is 10.2. The molecule has 0 aromatic heterocycles. The number of nitrogens with zero attached hydrogens (tertiary/aromatic N) is 1. The standard InChI is InChI=1S/C6H10F3NO/c1-10-2-5(3-10)11-4-6(7,8)9/h5H,2-4H2,1H3. The summed E-state index contributed by atoms with van der Waals surface area (Å²) in [5.74, 6) is 0. The zero-order valence-electron chi connectivity index (χ0n) is 6.19. The Morgan fingerprint density at radius 3 is 2.36 bits per heavy atom. The minimum Gasteiger partial charge on any atom is -0.366 e. The van der Waals surface area contributed by atoms with Gasteiger partial charge in [0, 0.05) is 13.1 Å². The highest BCUT2D eigenvalue weighted by molar-refractivity contribution is 4.77. The lowest BCUT2D eigenvalue weighted by molar-refractivity contribution is -0.197. The third-order valence-electron chi connectivity index (χ3n) is 1.51. The van der Waals surface area contributed by atoms with E-state index in [1.165, 1.54) is 0 Å². The number of halogens is 3. The Balaban J connectivity index is 2.05. The molecule has 66 valence electrons. The second-order valence-corrected chi connectivity index (χ2v) is 2.77. The van der Waals surface area contributed by atoms with Crippen molar-refractivity contribution in [1.29, 1.82) is 0 Å². The van der Waals surface area contributed by atoms with Crippen molar-refractivity contribution in [3.05, 3.63) is 0 Å². The molecule has 0 atom stereocenters. The Morgan fingerprint density at radius 1 is 1.45 bits per heavy atom. The van der Waals surface area contributed by atoms with Crippen LogP contribution in [0.1, 0.15) is 0 Å². The van der Waals surface area contributed by atoms with Gasteiger partial charge in [0.2, 0.25) is 0 Å². The minimum atomic E-state index is -4.19. The molecule has 1 rings (SSSR count). The van der Waals surface area contributed by atoms with Gasteiger partial charge in [-0.3, -0.25) is 0 Å². The predicted octanol–water partition coefficient (Wildman–Crippen LogP) is 0.879. The van der Waals surface area contributed by atoms with Crippen molar-refractivity contribution in [2.45, 2.75) is 12.3 Å². The first-order valence-electron chi connectivity index (χ1n) is 3.34. The fourth-order valence-electron chi connectivity index (χ4n) is 0.960. The van der Waals surface area contributed by atoms with Crippen LogP contribution in [0.4, 0.5) is 13.2 Å². The van der Waals surface area contributed by atoms with E-state index >= 15 is 0 Å². The third-order valence-corrected chi connectivity index (χ3v) is 1.51. The van der Waals surface area contributed by atoms with Crippen molar-refractivity contribution < 1.29 is 17.9 Å². The Morgan fingerprint density at radius 2 is 2.00 bits per heavy atom. The van der Waals surface area contributed by atoms with Gasteiger partial charge in [-0.15, -0.1) is 0 Å². The molecule has 1 heterocycles. The lowest BCUT2D eigenvalue weighted by Crippen LogP contribution is -2.50. The number of hydrogen-bond donors (Lipinski definition) is 0. The fourth-order valence-corrected chi connectivity index (χ4v) is 0.960. The smallest absolute Gasteiger partial charge is 0.366 e. The molecule has 0 N–H and O–H groups in total. The molecule has 0 spiro atoms. The zero-order valence-corrected chi connectivity index (χ0v) is 6.19. The highest BCUT2D eigenvalue weighted by atomic mass is 19.4. The van der Waals surface area contributed by atoms with Crippen LogP contribution in [0.5, 0.6) is 0 Å². The summed E-state index contributed by atoms with van der Waals surface area (Å²) in [4.78, 5) is 1.90. The first-order chi connectivity index (χ1) is 4.97. The highest BCUT2D eigenvalue weighted by Gasteiger charge is 2.32. The van der Waals surface area contributed by atoms with Crippen molar-refractivity contribution in [1.82, 2.24) is 4.90 Å². The molecule has 1 fully saturated rings. The maximum Gasteiger partial charge on any atom is 0.411 e. The first kappa shape index (κ1) is 8.80. The molecule has 0 aliphatic carbocycles. The van der Waals surface area contributed by atoms with E-state index in [4.69, 9.17) is 0 Å². The van der Waals surface area contributed by atoms with Crippen LogP contribution in [-0.4, -0.2) is 43.9 Å². The van der Waals surface area contributed by atoms with E-state index in [2.05, 4.69) is 4.74 Å². The molecule has 5 heteroatoms. The molecule has 0 unspecified atom stereocenters. The van der Waals surface area contributed by atoms with Gasteiger partial charge in [-0.1, -0.05) is 0 Å². The van der Waals surface area contributed by atoms with E-state index in [1.54, 1.807) is 0 Å². The van der Waals surface area contributed by atoms with Crippen LogP contribution in [0.2, 0.25) is 0 Å². The van der Waals surface area contributed by atoms with Gasteiger partial charge in [0.15, 0.2) is 0 Å². The van der Waals surface area contributed by atoms with Gasteiger partial charge in [-0.05, 0) is 7.05 Å². The van der Waals surface area contributed by atoms with E-state index < -0.39 is 12.8 Å². The van der Waals surface area contributed by atoms with Crippen LogP contribution in [-0.2, 0) is 4.74 Å². The van der Waals surface area contributed by atoms with E-state index in [-0.39, 0.29) is 6.10 Å². The van der Waals surface area contributed by atoms with Gasteiger partial charge in [-0.25, -0.2) is 0 Å². The molecular weight excluding hydrogens is 159 g/mol. The molecule has 1 aliphatic rings. The molecule has 0 radical (unpaired) electrons. The summed E-state index contributed by atoms with van der Waals surface area (Å²) in [5.41, 5.74) is 0. The van der Waals surface area contributed by atoms with Gasteiger partial charge in [-0.2, -0.15) is 13.2 Å². The van der Waals surface area contributed by atoms with Gasteiger partial charge < -0.3 is 9.64 Å². The molecule has 0 amide bonds. The summed E-state index contributed by atoms with van der Waals surface area (Å²) >= 11 is 0. The van der Waals surface area contributed by atoms with E-state index in [9.17, 15) is 13.2 Å². The maximum absolute atomic E-state index is 11.5. The molecule has 1 aliphatic heterocycles. The Kier molecular flexibility index (Phi) is 2.39. The highest BCUT2D eigenvalue weighted by Crippen LogP contribution is 2.17. The van der Waals surface area contributed by atoms with Crippen molar-refractivity contribution in [3.8, 4) is 0 Å². The lowest BCUT2D eigenvalue weighted by Gasteiger charge is -2.35. The summed E-state index contributed by atoms with van der Waals surface area (Å²) < 4.78 is 39.2. The zero-order chi connectivity index (χ0) is 8.48. The van der Waals surface area contributed by atoms with Crippen molar-refractivity contribution in [2.75, 3.05) is 26.7 Å². The molecule has 0 bridgehead atoms. The van der Waals surface area contributed by atoms with Crippen LogP contribution >= 0.6 is 0 Å². The molecule has 11 heavy (non-hydrogen) atoms. The van der Waals surface area contributed by atoms with Gasteiger partial charge in [0.25, 0.3) is 0 Å². The van der Waals surface area contributed by atoms with E-state index in [0.29, 0.717) is 13.1 Å².